The molecule has 0 radical (unpaired) electrons. The molecule has 1 aromatic rings. The predicted octanol–water partition coefficient (Wildman–Crippen LogP) is 1.22. The first-order valence-corrected chi connectivity index (χ1v) is 9.30. The summed E-state index contributed by atoms with van der Waals surface area (Å²) in [6.45, 7) is 5.32. The molecule has 0 bridgehead atoms. The number of hydrogen-bond acceptors (Lipinski definition) is 3. The van der Waals surface area contributed by atoms with Crippen molar-refractivity contribution in [1.29, 1.82) is 0 Å². The smallest absolute Gasteiger partial charge is 0.231 e. The summed E-state index contributed by atoms with van der Waals surface area (Å²) in [7, 11) is 0. The van der Waals surface area contributed by atoms with Gasteiger partial charge in [0.05, 0.1) is 19.0 Å². The lowest BCUT2D eigenvalue weighted by atomic mass is 9.95. The Bertz CT molecular complexity index is 598. The van der Waals surface area contributed by atoms with E-state index in [1.54, 1.807) is 0 Å². The Labute approximate surface area is 143 Å². The van der Waals surface area contributed by atoms with Crippen molar-refractivity contribution in [3.8, 4) is 11.5 Å². The van der Waals surface area contributed by atoms with Gasteiger partial charge in [0.25, 0.3) is 0 Å². The number of nitrogens with zero attached hydrogens (tertiary/aromatic N) is 1. The topological polar surface area (TPSA) is 43.2 Å². The van der Waals surface area contributed by atoms with E-state index in [9.17, 15) is 4.79 Å². The highest BCUT2D eigenvalue weighted by Gasteiger charge is 2.32. The number of likely N-dealkylation sites (tertiary alicyclic amines) is 2. The van der Waals surface area contributed by atoms with Crippen LogP contribution < -0.4 is 14.4 Å². The minimum absolute atomic E-state index is 0.209. The number of carbonyl (C=O) groups is 1. The average molecular weight is 331 g/mol. The summed E-state index contributed by atoms with van der Waals surface area (Å²) < 4.78 is 10.9. The van der Waals surface area contributed by atoms with E-state index in [1.807, 2.05) is 6.07 Å². The maximum atomic E-state index is 12.8. The summed E-state index contributed by atoms with van der Waals surface area (Å²) in [6, 6.07) is 6.21. The van der Waals surface area contributed by atoms with E-state index < -0.39 is 0 Å². The van der Waals surface area contributed by atoms with Crippen LogP contribution in [-0.4, -0.2) is 43.8 Å². The van der Waals surface area contributed by atoms with Gasteiger partial charge in [-0.1, -0.05) is 0 Å². The number of piperidine rings is 2. The fourth-order valence-corrected chi connectivity index (χ4v) is 4.23. The highest BCUT2D eigenvalue weighted by Crippen LogP contribution is 2.32. The van der Waals surface area contributed by atoms with Crippen LogP contribution in [0.2, 0.25) is 0 Å². The Hall–Kier alpha value is -1.75. The number of fused-ring (bicyclic) bond motifs is 1. The molecule has 2 saturated heterocycles. The maximum Gasteiger partial charge on any atom is 0.231 e. The molecule has 0 aliphatic carbocycles. The molecule has 1 N–H and O–H groups in total. The number of carbonyl (C=O) groups excluding carboxylic acids is 1. The van der Waals surface area contributed by atoms with Gasteiger partial charge in [0.15, 0.2) is 11.5 Å². The monoisotopic (exact) mass is 331 g/mol. The Morgan fingerprint density at radius 1 is 1.12 bits per heavy atom. The van der Waals surface area contributed by atoms with Gasteiger partial charge in [0.1, 0.15) is 6.54 Å². The molecule has 3 aliphatic heterocycles. The number of nitrogens with one attached hydrogen (secondary N) is 1. The molecule has 24 heavy (non-hydrogen) atoms. The summed E-state index contributed by atoms with van der Waals surface area (Å²) in [4.78, 5) is 16.4. The molecule has 0 aromatic heterocycles. The molecular formula is C19H27N2O3+. The van der Waals surface area contributed by atoms with Crippen molar-refractivity contribution in [3.63, 3.8) is 0 Å². The normalized spacial score (nSPS) is 26.4. The largest absolute Gasteiger partial charge is 0.454 e. The van der Waals surface area contributed by atoms with Gasteiger partial charge in [-0.05, 0) is 50.3 Å². The SMILES string of the molecule is O=C(C1CCC[NH+](Cc2ccc3c(c2)OCO3)C1)N1CCCCC1. The maximum absolute atomic E-state index is 12.8. The third kappa shape index (κ3) is 3.36. The summed E-state index contributed by atoms with van der Waals surface area (Å²) in [6.07, 6.45) is 5.82. The highest BCUT2D eigenvalue weighted by molar-refractivity contribution is 5.79. The third-order valence-corrected chi connectivity index (χ3v) is 5.53. The van der Waals surface area contributed by atoms with Gasteiger partial charge in [-0.25, -0.2) is 0 Å². The molecular weight excluding hydrogens is 304 g/mol. The van der Waals surface area contributed by atoms with Gasteiger partial charge >= 0.3 is 0 Å². The van der Waals surface area contributed by atoms with Crippen molar-refractivity contribution in [2.75, 3.05) is 33.0 Å². The molecule has 0 saturated carbocycles. The summed E-state index contributed by atoms with van der Waals surface area (Å²) in [5.41, 5.74) is 1.26. The summed E-state index contributed by atoms with van der Waals surface area (Å²) in [5.74, 6) is 2.30. The van der Waals surface area contributed by atoms with Crippen LogP contribution in [-0.2, 0) is 11.3 Å². The predicted molar refractivity (Wildman–Crippen MR) is 90.1 cm³/mol. The fraction of sp³-hybridized carbons (Fsp3) is 0.632. The van der Waals surface area contributed by atoms with Crippen LogP contribution in [0.15, 0.2) is 18.2 Å². The van der Waals surface area contributed by atoms with Gasteiger partial charge in [-0.2, -0.15) is 0 Å². The zero-order valence-corrected chi connectivity index (χ0v) is 14.3. The molecule has 2 atom stereocenters. The molecule has 2 fully saturated rings. The second-order valence-corrected chi connectivity index (χ2v) is 7.29. The van der Waals surface area contributed by atoms with Crippen molar-refractivity contribution in [2.24, 2.45) is 5.92 Å². The number of amides is 1. The lowest BCUT2D eigenvalue weighted by Gasteiger charge is -2.34. The van der Waals surface area contributed by atoms with Gasteiger partial charge < -0.3 is 19.3 Å². The minimum Gasteiger partial charge on any atom is -0.454 e. The van der Waals surface area contributed by atoms with E-state index in [-0.39, 0.29) is 5.92 Å². The van der Waals surface area contributed by atoms with Crippen molar-refractivity contribution >= 4 is 5.91 Å². The zero-order chi connectivity index (χ0) is 16.4. The third-order valence-electron chi connectivity index (χ3n) is 5.53. The lowest BCUT2D eigenvalue weighted by Crippen LogP contribution is -3.12. The first-order valence-electron chi connectivity index (χ1n) is 9.30. The van der Waals surface area contributed by atoms with Crippen LogP contribution in [0, 0.1) is 5.92 Å². The zero-order valence-electron chi connectivity index (χ0n) is 14.3. The van der Waals surface area contributed by atoms with Crippen LogP contribution in [0.4, 0.5) is 0 Å². The van der Waals surface area contributed by atoms with E-state index in [0.29, 0.717) is 12.7 Å². The van der Waals surface area contributed by atoms with Crippen LogP contribution in [0.5, 0.6) is 11.5 Å². The molecule has 0 spiro atoms. The number of hydrogen-bond donors (Lipinski definition) is 1. The lowest BCUT2D eigenvalue weighted by molar-refractivity contribution is -0.921. The van der Waals surface area contributed by atoms with Crippen molar-refractivity contribution in [2.45, 2.75) is 38.6 Å². The van der Waals surface area contributed by atoms with Crippen LogP contribution in [0.25, 0.3) is 0 Å². The Kier molecular flexibility index (Phi) is 4.60. The fourth-order valence-electron chi connectivity index (χ4n) is 4.23. The molecule has 4 rings (SSSR count). The average Bonchev–Trinajstić information content (AvgIpc) is 3.10. The number of quaternary nitrogens is 1. The molecule has 2 unspecified atom stereocenters. The Balaban J connectivity index is 1.37. The second-order valence-electron chi connectivity index (χ2n) is 7.29. The Morgan fingerprint density at radius 3 is 2.83 bits per heavy atom. The van der Waals surface area contributed by atoms with Crippen molar-refractivity contribution in [1.82, 2.24) is 4.90 Å². The minimum atomic E-state index is 0.209. The van der Waals surface area contributed by atoms with Crippen LogP contribution in [0.3, 0.4) is 0 Å². The van der Waals surface area contributed by atoms with E-state index >= 15 is 0 Å². The summed E-state index contributed by atoms with van der Waals surface area (Å²) in [5, 5.41) is 0. The van der Waals surface area contributed by atoms with E-state index in [1.165, 1.54) is 29.7 Å². The molecule has 1 aromatic carbocycles. The van der Waals surface area contributed by atoms with Gasteiger partial charge in [0, 0.05) is 18.7 Å². The van der Waals surface area contributed by atoms with Crippen LogP contribution >= 0.6 is 0 Å². The first kappa shape index (κ1) is 15.8. The first-order chi connectivity index (χ1) is 11.8. The number of benzene rings is 1. The van der Waals surface area contributed by atoms with Crippen LogP contribution in [0.1, 0.15) is 37.7 Å². The molecule has 3 aliphatic rings. The van der Waals surface area contributed by atoms with Gasteiger partial charge in [0.2, 0.25) is 12.7 Å². The summed E-state index contributed by atoms with van der Waals surface area (Å²) >= 11 is 0. The molecule has 1 amide bonds. The van der Waals surface area contributed by atoms with E-state index in [0.717, 1.165) is 57.1 Å². The molecule has 5 nitrogen and oxygen atoms in total. The number of rotatable bonds is 3. The van der Waals surface area contributed by atoms with E-state index in [2.05, 4.69) is 17.0 Å². The van der Waals surface area contributed by atoms with Crippen molar-refractivity contribution in [3.05, 3.63) is 23.8 Å². The highest BCUT2D eigenvalue weighted by atomic mass is 16.7. The number of ether oxygens (including phenoxy) is 2. The van der Waals surface area contributed by atoms with Gasteiger partial charge in [-0.3, -0.25) is 4.79 Å². The molecule has 130 valence electrons. The molecule has 3 heterocycles. The standard InChI is InChI=1S/C19H26N2O3/c22-19(21-9-2-1-3-10-21)16-5-4-8-20(13-16)12-15-6-7-17-18(11-15)24-14-23-17/h6-7,11,16H,1-5,8-10,12-14H2/p+1. The molecule has 5 heteroatoms. The second kappa shape index (κ2) is 7.01. The van der Waals surface area contributed by atoms with Crippen molar-refractivity contribution < 1.29 is 19.2 Å². The quantitative estimate of drug-likeness (QED) is 0.906. The van der Waals surface area contributed by atoms with E-state index in [4.69, 9.17) is 9.47 Å². The van der Waals surface area contributed by atoms with Gasteiger partial charge in [-0.15, -0.1) is 0 Å². The Morgan fingerprint density at radius 2 is 1.96 bits per heavy atom.